The Balaban J connectivity index is 2.08. The predicted molar refractivity (Wildman–Crippen MR) is 53.8 cm³/mol. The highest BCUT2D eigenvalue weighted by Gasteiger charge is 2.14. The van der Waals surface area contributed by atoms with Gasteiger partial charge in [0.15, 0.2) is 0 Å². The third-order valence-corrected chi connectivity index (χ3v) is 2.61. The zero-order chi connectivity index (χ0) is 9.52. The molecule has 0 aromatic carbocycles. The number of alkyl halides is 1. The van der Waals surface area contributed by atoms with Crippen molar-refractivity contribution in [2.75, 3.05) is 45.9 Å². The molecule has 0 radical (unpaired) electrons. The van der Waals surface area contributed by atoms with Crippen LogP contribution in [0.5, 0.6) is 0 Å². The van der Waals surface area contributed by atoms with Gasteiger partial charge in [0.05, 0.1) is 6.67 Å². The molecule has 13 heavy (non-hydrogen) atoms. The molecule has 1 saturated heterocycles. The van der Waals surface area contributed by atoms with Crippen LogP contribution in [-0.4, -0.2) is 55.7 Å². The maximum atomic E-state index is 11.9. The predicted octanol–water partition coefficient (Wildman–Crippen LogP) is 1.37. The largest absolute Gasteiger partial charge is 0.301 e. The van der Waals surface area contributed by atoms with Gasteiger partial charge in [0.2, 0.25) is 0 Å². The van der Waals surface area contributed by atoms with Crippen molar-refractivity contribution in [1.29, 1.82) is 0 Å². The number of hydrogen-bond acceptors (Lipinski definition) is 2. The second-order valence-corrected chi connectivity index (χ2v) is 3.73. The van der Waals surface area contributed by atoms with Gasteiger partial charge in [-0.3, -0.25) is 4.39 Å². The van der Waals surface area contributed by atoms with Gasteiger partial charge in [-0.15, -0.1) is 0 Å². The lowest BCUT2D eigenvalue weighted by molar-refractivity contribution is 0.129. The third-order valence-electron chi connectivity index (χ3n) is 2.61. The van der Waals surface area contributed by atoms with Crippen molar-refractivity contribution in [1.82, 2.24) is 9.80 Å². The molecule has 1 aliphatic heterocycles. The van der Waals surface area contributed by atoms with Gasteiger partial charge in [0, 0.05) is 32.7 Å². The van der Waals surface area contributed by atoms with Crippen LogP contribution in [0.15, 0.2) is 0 Å². The van der Waals surface area contributed by atoms with Crippen LogP contribution in [0, 0.1) is 0 Å². The average molecular weight is 188 g/mol. The highest BCUT2D eigenvalue weighted by Crippen LogP contribution is 2.02. The van der Waals surface area contributed by atoms with E-state index in [2.05, 4.69) is 16.7 Å². The zero-order valence-corrected chi connectivity index (χ0v) is 8.64. The number of hydrogen-bond donors (Lipinski definition) is 0. The molecule has 1 fully saturated rings. The van der Waals surface area contributed by atoms with E-state index in [1.165, 1.54) is 26.1 Å². The van der Waals surface area contributed by atoms with Crippen molar-refractivity contribution in [2.24, 2.45) is 0 Å². The van der Waals surface area contributed by atoms with E-state index in [9.17, 15) is 4.39 Å². The normalized spacial score (nSPS) is 20.8. The molecule has 1 heterocycles. The van der Waals surface area contributed by atoms with Crippen LogP contribution in [0.1, 0.15) is 19.8 Å². The topological polar surface area (TPSA) is 6.48 Å². The fraction of sp³-hybridized carbons (Fsp3) is 1.00. The van der Waals surface area contributed by atoms with Crippen molar-refractivity contribution < 1.29 is 4.39 Å². The molecular weight excluding hydrogens is 167 g/mol. The highest BCUT2D eigenvalue weighted by molar-refractivity contribution is 4.71. The number of piperazine rings is 1. The van der Waals surface area contributed by atoms with Gasteiger partial charge >= 0.3 is 0 Å². The summed E-state index contributed by atoms with van der Waals surface area (Å²) in [6, 6.07) is 0. The molecule has 0 aromatic rings. The second-order valence-electron chi connectivity index (χ2n) is 3.73. The van der Waals surface area contributed by atoms with Crippen molar-refractivity contribution in [3.05, 3.63) is 0 Å². The van der Waals surface area contributed by atoms with Crippen molar-refractivity contribution in [3.63, 3.8) is 0 Å². The Labute approximate surface area is 80.7 Å². The molecule has 1 rings (SSSR count). The van der Waals surface area contributed by atoms with Gasteiger partial charge in [-0.05, 0) is 19.4 Å². The lowest BCUT2D eigenvalue weighted by Crippen LogP contribution is -2.46. The monoisotopic (exact) mass is 188 g/mol. The Morgan fingerprint density at radius 2 is 1.54 bits per heavy atom. The van der Waals surface area contributed by atoms with E-state index in [4.69, 9.17) is 0 Å². The minimum Gasteiger partial charge on any atom is -0.301 e. The van der Waals surface area contributed by atoms with Gasteiger partial charge < -0.3 is 9.80 Å². The van der Waals surface area contributed by atoms with Gasteiger partial charge in [0.1, 0.15) is 0 Å². The molecule has 0 aromatic heterocycles. The van der Waals surface area contributed by atoms with Crippen LogP contribution in [0.3, 0.4) is 0 Å². The molecule has 2 nitrogen and oxygen atoms in total. The summed E-state index contributed by atoms with van der Waals surface area (Å²) in [5, 5.41) is 0. The van der Waals surface area contributed by atoms with Crippen LogP contribution in [0.2, 0.25) is 0 Å². The fourth-order valence-electron chi connectivity index (χ4n) is 1.84. The maximum Gasteiger partial charge on any atom is 0.0906 e. The van der Waals surface area contributed by atoms with E-state index in [0.29, 0.717) is 6.42 Å². The summed E-state index contributed by atoms with van der Waals surface area (Å²) < 4.78 is 11.9. The first-order valence-corrected chi connectivity index (χ1v) is 5.37. The first kappa shape index (κ1) is 10.9. The second kappa shape index (κ2) is 6.33. The summed E-state index contributed by atoms with van der Waals surface area (Å²) in [4.78, 5) is 4.86. The summed E-state index contributed by atoms with van der Waals surface area (Å²) in [5.41, 5.74) is 0. The molecule has 1 aliphatic rings. The van der Waals surface area contributed by atoms with E-state index in [1.807, 2.05) is 0 Å². The quantitative estimate of drug-likeness (QED) is 0.643. The summed E-state index contributed by atoms with van der Waals surface area (Å²) >= 11 is 0. The Kier molecular flexibility index (Phi) is 5.32. The lowest BCUT2D eigenvalue weighted by atomic mass is 10.3. The smallest absolute Gasteiger partial charge is 0.0906 e. The lowest BCUT2D eigenvalue weighted by Gasteiger charge is -2.34. The van der Waals surface area contributed by atoms with Crippen LogP contribution < -0.4 is 0 Å². The van der Waals surface area contributed by atoms with Crippen LogP contribution in [0.25, 0.3) is 0 Å². The van der Waals surface area contributed by atoms with Crippen molar-refractivity contribution in [3.8, 4) is 0 Å². The molecule has 0 saturated carbocycles. The van der Waals surface area contributed by atoms with Crippen LogP contribution >= 0.6 is 0 Å². The molecule has 0 atom stereocenters. The van der Waals surface area contributed by atoms with E-state index >= 15 is 0 Å². The molecule has 0 aliphatic carbocycles. The molecule has 78 valence electrons. The third kappa shape index (κ3) is 4.05. The van der Waals surface area contributed by atoms with Gasteiger partial charge in [-0.1, -0.05) is 6.92 Å². The summed E-state index contributed by atoms with van der Waals surface area (Å²) in [6.45, 7) is 8.79. The number of nitrogens with zero attached hydrogens (tertiary/aromatic N) is 2. The van der Waals surface area contributed by atoms with E-state index in [1.54, 1.807) is 0 Å². The first-order valence-electron chi connectivity index (χ1n) is 5.37. The first-order chi connectivity index (χ1) is 6.36. The van der Waals surface area contributed by atoms with Crippen LogP contribution in [0.4, 0.5) is 4.39 Å². The maximum absolute atomic E-state index is 11.9. The summed E-state index contributed by atoms with van der Waals surface area (Å²) in [5.74, 6) is 0. The highest BCUT2D eigenvalue weighted by atomic mass is 19.1. The van der Waals surface area contributed by atoms with Crippen molar-refractivity contribution in [2.45, 2.75) is 19.8 Å². The van der Waals surface area contributed by atoms with E-state index < -0.39 is 0 Å². The number of halogens is 1. The summed E-state index contributed by atoms with van der Waals surface area (Å²) in [6.07, 6.45) is 1.94. The Bertz CT molecular complexity index is 122. The molecule has 3 heteroatoms. The average Bonchev–Trinajstić information content (AvgIpc) is 2.17. The minimum absolute atomic E-state index is 0.171. The Morgan fingerprint density at radius 1 is 1.00 bits per heavy atom. The minimum atomic E-state index is -0.171. The van der Waals surface area contributed by atoms with Crippen LogP contribution in [-0.2, 0) is 0 Å². The van der Waals surface area contributed by atoms with Gasteiger partial charge in [0.25, 0.3) is 0 Å². The zero-order valence-electron chi connectivity index (χ0n) is 8.64. The molecular formula is C10H21FN2. The fourth-order valence-corrected chi connectivity index (χ4v) is 1.84. The van der Waals surface area contributed by atoms with Gasteiger partial charge in [-0.2, -0.15) is 0 Å². The molecule has 0 amide bonds. The standard InChI is InChI=1S/C10H21FN2/c1-2-5-12-7-9-13(10-8-12)6-3-4-11/h2-10H2,1H3. The van der Waals surface area contributed by atoms with E-state index in [0.717, 1.165) is 19.6 Å². The Hall–Kier alpha value is -0.150. The van der Waals surface area contributed by atoms with E-state index in [-0.39, 0.29) is 6.67 Å². The summed E-state index contributed by atoms with van der Waals surface area (Å²) in [7, 11) is 0. The molecule has 0 bridgehead atoms. The molecule has 0 N–H and O–H groups in total. The molecule has 0 unspecified atom stereocenters. The Morgan fingerprint density at radius 3 is 2.00 bits per heavy atom. The van der Waals surface area contributed by atoms with Gasteiger partial charge in [-0.25, -0.2) is 0 Å². The number of rotatable bonds is 5. The van der Waals surface area contributed by atoms with Crippen molar-refractivity contribution >= 4 is 0 Å². The molecule has 0 spiro atoms. The SMILES string of the molecule is CCCN1CCN(CCCF)CC1.